The number of aromatic nitrogens is 4. The molecule has 1 aliphatic heterocycles. The normalized spacial score (nSPS) is 14.8. The van der Waals surface area contributed by atoms with Crippen molar-refractivity contribution in [3.63, 3.8) is 0 Å². The number of hydrogen-bond donors (Lipinski definition) is 0. The molecule has 0 saturated carbocycles. The Morgan fingerprint density at radius 1 is 0.889 bits per heavy atom. The van der Waals surface area contributed by atoms with E-state index in [4.69, 9.17) is 4.98 Å². The molecule has 1 aliphatic rings. The maximum Gasteiger partial charge on any atom is 0.0956 e. The average Bonchev–Trinajstić information content (AvgIpc) is 3.46. The summed E-state index contributed by atoms with van der Waals surface area (Å²) < 4.78 is 4.36. The molecule has 1 saturated heterocycles. The first-order valence-electron chi connectivity index (χ1n) is 10.2. The van der Waals surface area contributed by atoms with Crippen LogP contribution >= 0.6 is 0 Å². The molecule has 0 amide bonds. The topological polar surface area (TPSA) is 38.9 Å². The van der Waals surface area contributed by atoms with E-state index < -0.39 is 0 Å². The predicted molar refractivity (Wildman–Crippen MR) is 109 cm³/mol. The Balaban J connectivity index is 1.43. The minimum atomic E-state index is 0.881. The first-order valence-corrected chi connectivity index (χ1v) is 10.2. The number of hydrogen-bond acceptors (Lipinski definition) is 3. The summed E-state index contributed by atoms with van der Waals surface area (Å²) >= 11 is 0. The van der Waals surface area contributed by atoms with Gasteiger partial charge in [-0.2, -0.15) is 5.10 Å². The van der Waals surface area contributed by atoms with E-state index in [0.29, 0.717) is 0 Å². The number of aryl methyl sites for hydroxylation is 2. The summed E-state index contributed by atoms with van der Waals surface area (Å²) in [6, 6.07) is 12.5. The molecule has 27 heavy (non-hydrogen) atoms. The van der Waals surface area contributed by atoms with Crippen LogP contribution in [0, 0.1) is 0 Å². The minimum Gasteiger partial charge on any atom is -0.334 e. The van der Waals surface area contributed by atoms with Gasteiger partial charge in [0.05, 0.1) is 12.0 Å². The van der Waals surface area contributed by atoms with Crippen molar-refractivity contribution in [2.24, 2.45) is 0 Å². The monoisotopic (exact) mass is 363 g/mol. The predicted octanol–water partition coefficient (Wildman–Crippen LogP) is 3.87. The summed E-state index contributed by atoms with van der Waals surface area (Å²) in [5, 5.41) is 4.35. The number of unbranched alkanes of at least 4 members (excludes halogenated alkanes) is 1. The second kappa shape index (κ2) is 9.00. The Hall–Kier alpha value is -2.40. The highest BCUT2D eigenvalue weighted by molar-refractivity contribution is 5.61. The van der Waals surface area contributed by atoms with E-state index >= 15 is 0 Å². The zero-order valence-electron chi connectivity index (χ0n) is 16.0. The highest BCUT2D eigenvalue weighted by atomic mass is 15.3. The lowest BCUT2D eigenvalue weighted by atomic mass is 10.1. The lowest BCUT2D eigenvalue weighted by Crippen LogP contribution is -2.20. The molecule has 1 aromatic carbocycles. The third kappa shape index (κ3) is 4.66. The van der Waals surface area contributed by atoms with Gasteiger partial charge in [0.25, 0.3) is 0 Å². The van der Waals surface area contributed by atoms with Crippen LogP contribution in [0.2, 0.25) is 0 Å². The molecule has 0 atom stereocenters. The SMILES string of the molecule is c1ccc(-c2ncn(CCCCN3CCCC3)c2CCn2cccn2)cc1. The van der Waals surface area contributed by atoms with Crippen molar-refractivity contribution in [1.82, 2.24) is 24.2 Å². The molecule has 1 fully saturated rings. The van der Waals surface area contributed by atoms with Crippen LogP contribution < -0.4 is 0 Å². The maximum atomic E-state index is 4.77. The second-order valence-corrected chi connectivity index (χ2v) is 7.37. The zero-order valence-corrected chi connectivity index (χ0v) is 16.0. The molecule has 5 heteroatoms. The molecule has 142 valence electrons. The summed E-state index contributed by atoms with van der Waals surface area (Å²) in [4.78, 5) is 7.36. The quantitative estimate of drug-likeness (QED) is 0.542. The van der Waals surface area contributed by atoms with E-state index in [1.54, 1.807) is 0 Å². The number of imidazole rings is 1. The molecule has 0 spiro atoms. The van der Waals surface area contributed by atoms with E-state index in [0.717, 1.165) is 25.2 Å². The van der Waals surface area contributed by atoms with E-state index in [1.165, 1.54) is 56.6 Å². The molecule has 5 nitrogen and oxygen atoms in total. The fourth-order valence-corrected chi connectivity index (χ4v) is 3.98. The van der Waals surface area contributed by atoms with Crippen molar-refractivity contribution >= 4 is 0 Å². The van der Waals surface area contributed by atoms with Gasteiger partial charge in [-0.3, -0.25) is 4.68 Å². The number of nitrogens with zero attached hydrogens (tertiary/aromatic N) is 5. The van der Waals surface area contributed by atoms with Crippen molar-refractivity contribution in [3.8, 4) is 11.3 Å². The van der Waals surface area contributed by atoms with Crippen LogP contribution in [-0.4, -0.2) is 43.9 Å². The van der Waals surface area contributed by atoms with Crippen molar-refractivity contribution in [2.45, 2.75) is 45.2 Å². The molecule has 0 aliphatic carbocycles. The Bertz CT molecular complexity index is 801. The third-order valence-electron chi connectivity index (χ3n) is 5.45. The van der Waals surface area contributed by atoms with Gasteiger partial charge in [0.2, 0.25) is 0 Å². The molecule has 3 heterocycles. The van der Waals surface area contributed by atoms with E-state index in [2.05, 4.69) is 44.9 Å². The van der Waals surface area contributed by atoms with Crippen LogP contribution in [0.3, 0.4) is 0 Å². The van der Waals surface area contributed by atoms with Crippen molar-refractivity contribution in [3.05, 3.63) is 60.8 Å². The van der Waals surface area contributed by atoms with Gasteiger partial charge in [0.1, 0.15) is 0 Å². The largest absolute Gasteiger partial charge is 0.334 e. The van der Waals surface area contributed by atoms with Gasteiger partial charge < -0.3 is 9.47 Å². The van der Waals surface area contributed by atoms with Crippen LogP contribution in [0.15, 0.2) is 55.1 Å². The van der Waals surface area contributed by atoms with Crippen molar-refractivity contribution in [1.29, 1.82) is 0 Å². The van der Waals surface area contributed by atoms with Gasteiger partial charge in [0, 0.05) is 43.2 Å². The van der Waals surface area contributed by atoms with Crippen LogP contribution in [0.1, 0.15) is 31.4 Å². The lowest BCUT2D eigenvalue weighted by molar-refractivity contribution is 0.326. The second-order valence-electron chi connectivity index (χ2n) is 7.37. The lowest BCUT2D eigenvalue weighted by Gasteiger charge is -2.15. The molecule has 0 N–H and O–H groups in total. The van der Waals surface area contributed by atoms with Crippen molar-refractivity contribution < 1.29 is 0 Å². The van der Waals surface area contributed by atoms with Crippen LogP contribution in [-0.2, 0) is 19.5 Å². The molecule has 3 aromatic rings. The molecular formula is C22H29N5. The first-order chi connectivity index (χ1) is 13.4. The zero-order chi connectivity index (χ0) is 18.3. The summed E-state index contributed by atoms with van der Waals surface area (Å²) in [5.74, 6) is 0. The summed E-state index contributed by atoms with van der Waals surface area (Å²) in [7, 11) is 0. The molecule has 4 rings (SSSR count). The fourth-order valence-electron chi connectivity index (χ4n) is 3.98. The molecular weight excluding hydrogens is 334 g/mol. The molecule has 2 aromatic heterocycles. The highest BCUT2D eigenvalue weighted by Crippen LogP contribution is 2.23. The van der Waals surface area contributed by atoms with Gasteiger partial charge in [-0.1, -0.05) is 30.3 Å². The van der Waals surface area contributed by atoms with Gasteiger partial charge in [-0.15, -0.1) is 0 Å². The smallest absolute Gasteiger partial charge is 0.0956 e. The van der Waals surface area contributed by atoms with Gasteiger partial charge in [-0.05, 0) is 51.4 Å². The third-order valence-corrected chi connectivity index (χ3v) is 5.45. The number of rotatable bonds is 9. The summed E-state index contributed by atoms with van der Waals surface area (Å²) in [6.07, 6.45) is 12.0. The van der Waals surface area contributed by atoms with E-state index in [9.17, 15) is 0 Å². The highest BCUT2D eigenvalue weighted by Gasteiger charge is 2.14. The van der Waals surface area contributed by atoms with E-state index in [-0.39, 0.29) is 0 Å². The fraction of sp³-hybridized carbons (Fsp3) is 0.455. The summed E-state index contributed by atoms with van der Waals surface area (Å²) in [6.45, 7) is 5.74. The first kappa shape index (κ1) is 18.0. The Morgan fingerprint density at radius 2 is 1.70 bits per heavy atom. The van der Waals surface area contributed by atoms with Crippen LogP contribution in [0.5, 0.6) is 0 Å². The van der Waals surface area contributed by atoms with Gasteiger partial charge in [-0.25, -0.2) is 4.98 Å². The molecule has 0 radical (unpaired) electrons. The van der Waals surface area contributed by atoms with E-state index in [1.807, 2.05) is 29.5 Å². The van der Waals surface area contributed by atoms with Gasteiger partial charge in [0.15, 0.2) is 0 Å². The average molecular weight is 364 g/mol. The standard InChI is InChI=1S/C22H29N5/c1-2-9-20(10-3-1)22-21(11-18-27-17-8-12-24-27)26(19-23-22)16-7-6-15-25-13-4-5-14-25/h1-3,8-10,12,17,19H,4-7,11,13-16,18H2. The van der Waals surface area contributed by atoms with Crippen LogP contribution in [0.4, 0.5) is 0 Å². The van der Waals surface area contributed by atoms with Crippen molar-refractivity contribution in [2.75, 3.05) is 19.6 Å². The number of likely N-dealkylation sites (tertiary alicyclic amines) is 1. The minimum absolute atomic E-state index is 0.881. The van der Waals surface area contributed by atoms with Crippen LogP contribution in [0.25, 0.3) is 11.3 Å². The number of benzene rings is 1. The molecule has 0 bridgehead atoms. The Morgan fingerprint density at radius 3 is 2.48 bits per heavy atom. The van der Waals surface area contributed by atoms with Gasteiger partial charge >= 0.3 is 0 Å². The molecule has 0 unspecified atom stereocenters. The Kier molecular flexibility index (Phi) is 5.99. The Labute approximate surface area is 161 Å². The summed E-state index contributed by atoms with van der Waals surface area (Å²) in [5.41, 5.74) is 3.63. The maximum absolute atomic E-state index is 4.77.